The molecule has 0 spiro atoms. The van der Waals surface area contributed by atoms with Crippen molar-refractivity contribution in [1.29, 1.82) is 0 Å². The second kappa shape index (κ2) is 7.71. The number of aryl methyl sites for hydroxylation is 1. The Morgan fingerprint density at radius 1 is 1.29 bits per heavy atom. The average molecular weight is 360 g/mol. The first-order valence-electron chi connectivity index (χ1n) is 6.75. The molecule has 0 saturated heterocycles. The number of carbonyl (C=O) groups excluding carboxylic acids is 1. The summed E-state index contributed by atoms with van der Waals surface area (Å²) in [5.41, 5.74) is 0.246. The van der Waals surface area contributed by atoms with Crippen LogP contribution in [0.25, 0.3) is 4.72 Å². The molecule has 1 aromatic heterocycles. The van der Waals surface area contributed by atoms with Crippen LogP contribution in [0.15, 0.2) is 46.1 Å². The molecular weight excluding hydrogens is 343 g/mol. The molecule has 2 amide bonds. The number of para-hydroxylation sites is 1. The van der Waals surface area contributed by atoms with Crippen molar-refractivity contribution < 1.29 is 52.3 Å². The van der Waals surface area contributed by atoms with Gasteiger partial charge in [0.05, 0.1) is 11.9 Å². The van der Waals surface area contributed by atoms with Crippen LogP contribution in [0.2, 0.25) is 0 Å². The van der Waals surface area contributed by atoms with E-state index in [1.807, 2.05) is 0 Å². The van der Waals surface area contributed by atoms with Crippen molar-refractivity contribution in [2.75, 3.05) is 5.32 Å². The molecular formula is C15H17N2NaO5S. The fourth-order valence-electron chi connectivity index (χ4n) is 1.78. The maximum absolute atomic E-state index is 12.1. The average Bonchev–Trinajstić information content (AvgIpc) is 2.91. The molecule has 2 aromatic rings. The number of anilines is 1. The number of hydrogen-bond acceptors (Lipinski definition) is 5. The summed E-state index contributed by atoms with van der Waals surface area (Å²) in [6.45, 7) is 4.73. The minimum atomic E-state index is -4.30. The van der Waals surface area contributed by atoms with Crippen molar-refractivity contribution in [3.8, 4) is 0 Å². The smallest absolute Gasteiger partial charge is 0.452 e. The Morgan fingerprint density at radius 3 is 2.46 bits per heavy atom. The predicted molar refractivity (Wildman–Crippen MR) is 84.7 cm³/mol. The third kappa shape index (κ3) is 5.09. The van der Waals surface area contributed by atoms with Crippen LogP contribution in [0, 0.1) is 6.92 Å². The summed E-state index contributed by atoms with van der Waals surface area (Å²) in [6.07, 6.45) is 1.11. The van der Waals surface area contributed by atoms with E-state index in [1.165, 1.54) is 13.8 Å². The van der Waals surface area contributed by atoms with Crippen LogP contribution >= 0.6 is 0 Å². The number of amides is 2. The number of hydrogen-bond donors (Lipinski definition) is 2. The summed E-state index contributed by atoms with van der Waals surface area (Å²) in [5.74, 6) is 0. The Bertz CT molecular complexity index is 824. The van der Waals surface area contributed by atoms with Gasteiger partial charge in [0.25, 0.3) is 0 Å². The summed E-state index contributed by atoms with van der Waals surface area (Å²) >= 11 is 0. The van der Waals surface area contributed by atoms with Gasteiger partial charge < -0.3 is 19.6 Å². The van der Waals surface area contributed by atoms with Crippen molar-refractivity contribution in [2.45, 2.75) is 31.5 Å². The molecule has 0 fully saturated rings. The van der Waals surface area contributed by atoms with Crippen LogP contribution in [0.1, 0.15) is 25.0 Å². The third-order valence-corrected chi connectivity index (χ3v) is 4.25. The van der Waals surface area contributed by atoms with E-state index in [0.29, 0.717) is 5.69 Å². The van der Waals surface area contributed by atoms with Crippen LogP contribution in [0.4, 0.5) is 10.5 Å². The zero-order chi connectivity index (χ0) is 17.3. The topological polar surface area (TPSA) is 111 Å². The second-order valence-corrected chi connectivity index (χ2v) is 7.06. The Balaban J connectivity index is 0.00000288. The van der Waals surface area contributed by atoms with E-state index in [-0.39, 0.29) is 35.1 Å². The zero-order valence-corrected chi connectivity index (χ0v) is 16.7. The number of urea groups is 1. The quantitative estimate of drug-likeness (QED) is 0.752. The van der Waals surface area contributed by atoms with E-state index in [9.17, 15) is 18.3 Å². The van der Waals surface area contributed by atoms with Crippen LogP contribution in [0.5, 0.6) is 0 Å². The molecule has 2 rings (SSSR count). The number of rotatable bonds is 4. The Kier molecular flexibility index (Phi) is 6.66. The number of sulfonamides is 1. The molecule has 1 aromatic carbocycles. The van der Waals surface area contributed by atoms with Gasteiger partial charge in [0.2, 0.25) is 15.1 Å². The predicted octanol–water partition coefficient (Wildman–Crippen LogP) is 0.114. The molecule has 0 aliphatic carbocycles. The summed E-state index contributed by atoms with van der Waals surface area (Å²) in [4.78, 5) is 11.8. The number of aliphatic hydroxyl groups is 1. The molecule has 0 aliphatic heterocycles. The van der Waals surface area contributed by atoms with Gasteiger partial charge in [-0.2, -0.15) is 0 Å². The standard InChI is InChI=1S/C15H18N2O5S.Na/c1-10-6-4-5-7-12(10)16-14(18)17-23(20,21)13-8-11(9-22-13)15(2,3)19;/h4-9,19H,1-3H3,(H2,16,17,18);/q;+1/p-1. The summed E-state index contributed by atoms with van der Waals surface area (Å²) < 4.78 is 32.2. The number of nitrogens with zero attached hydrogens (tertiary/aromatic N) is 1. The molecule has 0 saturated carbocycles. The van der Waals surface area contributed by atoms with E-state index in [4.69, 9.17) is 4.42 Å². The molecule has 0 radical (unpaired) electrons. The molecule has 9 heteroatoms. The molecule has 0 bridgehead atoms. The monoisotopic (exact) mass is 360 g/mol. The van der Waals surface area contributed by atoms with E-state index < -0.39 is 26.7 Å². The normalized spacial score (nSPS) is 11.5. The molecule has 7 nitrogen and oxygen atoms in total. The van der Waals surface area contributed by atoms with Gasteiger partial charge in [-0.05, 0) is 32.0 Å². The molecule has 0 unspecified atom stereocenters. The van der Waals surface area contributed by atoms with Gasteiger partial charge in [0.1, 0.15) is 0 Å². The van der Waals surface area contributed by atoms with E-state index >= 15 is 0 Å². The van der Waals surface area contributed by atoms with Crippen molar-refractivity contribution in [1.82, 2.24) is 0 Å². The first-order chi connectivity index (χ1) is 10.6. The van der Waals surface area contributed by atoms with Gasteiger partial charge in [0.15, 0.2) is 6.03 Å². The van der Waals surface area contributed by atoms with Gasteiger partial charge in [-0.15, -0.1) is 0 Å². The summed E-state index contributed by atoms with van der Waals surface area (Å²) in [7, 11) is -4.30. The molecule has 124 valence electrons. The second-order valence-electron chi connectivity index (χ2n) is 5.52. The SMILES string of the molecule is Cc1ccccc1NC(=O)[N-]S(=O)(=O)c1cc(C(C)(C)O)co1.[Na+]. The van der Waals surface area contributed by atoms with Crippen molar-refractivity contribution in [3.05, 3.63) is 52.4 Å². The van der Waals surface area contributed by atoms with Crippen LogP contribution in [-0.2, 0) is 15.6 Å². The fourth-order valence-corrected chi connectivity index (χ4v) is 2.58. The van der Waals surface area contributed by atoms with Crippen molar-refractivity contribution in [3.63, 3.8) is 0 Å². The Hall–Kier alpha value is -1.32. The molecule has 2 N–H and O–H groups in total. The first-order valence-corrected chi connectivity index (χ1v) is 8.19. The maximum atomic E-state index is 12.1. The van der Waals surface area contributed by atoms with E-state index in [1.54, 1.807) is 31.2 Å². The van der Waals surface area contributed by atoms with E-state index in [2.05, 4.69) is 10.0 Å². The number of nitrogens with one attached hydrogen (secondary N) is 1. The summed E-state index contributed by atoms with van der Waals surface area (Å²) in [5, 5.41) is 11.7. The van der Waals surface area contributed by atoms with Crippen molar-refractivity contribution >= 4 is 21.7 Å². The van der Waals surface area contributed by atoms with Crippen molar-refractivity contribution in [2.24, 2.45) is 0 Å². The van der Waals surface area contributed by atoms with Gasteiger partial charge in [-0.3, -0.25) is 4.79 Å². The van der Waals surface area contributed by atoms with Crippen LogP contribution in [-0.4, -0.2) is 19.6 Å². The van der Waals surface area contributed by atoms with Gasteiger partial charge in [-0.25, -0.2) is 8.42 Å². The zero-order valence-electron chi connectivity index (χ0n) is 13.9. The van der Waals surface area contributed by atoms with Gasteiger partial charge in [0, 0.05) is 11.6 Å². The summed E-state index contributed by atoms with van der Waals surface area (Å²) in [6, 6.07) is 7.01. The minimum Gasteiger partial charge on any atom is -0.452 e. The number of carbonyl (C=O) groups is 1. The fraction of sp³-hybridized carbons (Fsp3) is 0.267. The van der Waals surface area contributed by atoms with Crippen LogP contribution in [0.3, 0.4) is 0 Å². The first kappa shape index (κ1) is 20.7. The minimum absolute atomic E-state index is 0. The van der Waals surface area contributed by atoms with E-state index in [0.717, 1.165) is 17.9 Å². The molecule has 1 heterocycles. The van der Waals surface area contributed by atoms with Gasteiger partial charge in [-0.1, -0.05) is 24.3 Å². The Morgan fingerprint density at radius 2 is 1.92 bits per heavy atom. The van der Waals surface area contributed by atoms with Gasteiger partial charge >= 0.3 is 29.6 Å². The molecule has 24 heavy (non-hydrogen) atoms. The van der Waals surface area contributed by atoms with Crippen LogP contribution < -0.4 is 34.9 Å². The number of benzene rings is 1. The Labute approximate surface area is 162 Å². The maximum Gasteiger partial charge on any atom is 1.00 e. The molecule has 0 aliphatic rings. The largest absolute Gasteiger partial charge is 1.00 e. The third-order valence-electron chi connectivity index (χ3n) is 3.13. The number of furan rings is 1. The molecule has 0 atom stereocenters.